The van der Waals surface area contributed by atoms with Crippen LogP contribution in [-0.2, 0) is 0 Å². The van der Waals surface area contributed by atoms with E-state index in [1.54, 1.807) is 12.1 Å². The molecular formula is C24H21N4O2-. The van der Waals surface area contributed by atoms with Gasteiger partial charge < -0.3 is 21.1 Å². The SMILES string of the molecule is [NH-]C1c2ccccc2-c2c(-c3nc4ccc(C(=O)NCCCO)cc4[nH]3)cccc21. The van der Waals surface area contributed by atoms with Crippen molar-refractivity contribution >= 4 is 16.9 Å². The summed E-state index contributed by atoms with van der Waals surface area (Å²) < 4.78 is 0. The number of amides is 1. The van der Waals surface area contributed by atoms with Crippen molar-refractivity contribution < 1.29 is 9.90 Å². The first-order chi connectivity index (χ1) is 14.7. The zero-order valence-corrected chi connectivity index (χ0v) is 16.3. The number of hydrogen-bond donors (Lipinski definition) is 3. The fourth-order valence-corrected chi connectivity index (χ4v) is 4.11. The lowest BCUT2D eigenvalue weighted by Crippen LogP contribution is -2.24. The molecule has 0 radical (unpaired) electrons. The molecule has 6 nitrogen and oxygen atoms in total. The average molecular weight is 397 g/mol. The number of nitrogens with one attached hydrogen (secondary N) is 3. The Morgan fingerprint density at radius 2 is 1.87 bits per heavy atom. The third kappa shape index (κ3) is 2.98. The largest absolute Gasteiger partial charge is 0.667 e. The van der Waals surface area contributed by atoms with Crippen LogP contribution in [0.15, 0.2) is 60.7 Å². The maximum Gasteiger partial charge on any atom is 0.251 e. The van der Waals surface area contributed by atoms with Gasteiger partial charge in [-0.3, -0.25) is 4.79 Å². The number of rotatable bonds is 5. The van der Waals surface area contributed by atoms with E-state index in [9.17, 15) is 4.79 Å². The fraction of sp³-hybridized carbons (Fsp3) is 0.167. The minimum atomic E-state index is -0.394. The summed E-state index contributed by atoms with van der Waals surface area (Å²) in [4.78, 5) is 20.4. The predicted molar refractivity (Wildman–Crippen MR) is 117 cm³/mol. The topological polar surface area (TPSA) is 102 Å². The van der Waals surface area contributed by atoms with Crippen molar-refractivity contribution in [2.24, 2.45) is 0 Å². The molecule has 30 heavy (non-hydrogen) atoms. The maximum absolute atomic E-state index is 12.3. The number of carbonyl (C=O) groups is 1. The van der Waals surface area contributed by atoms with Crippen LogP contribution in [0.4, 0.5) is 0 Å². The van der Waals surface area contributed by atoms with Gasteiger partial charge in [0, 0.05) is 24.3 Å². The third-order valence-corrected chi connectivity index (χ3v) is 5.57. The average Bonchev–Trinajstić information content (AvgIpc) is 3.33. The van der Waals surface area contributed by atoms with Crippen molar-refractivity contribution in [2.75, 3.05) is 13.2 Å². The maximum atomic E-state index is 12.3. The van der Waals surface area contributed by atoms with Gasteiger partial charge in [-0.15, -0.1) is 0 Å². The first kappa shape index (κ1) is 18.5. The molecule has 1 amide bonds. The fourth-order valence-electron chi connectivity index (χ4n) is 4.11. The Labute approximate surface area is 173 Å². The first-order valence-electron chi connectivity index (χ1n) is 10.00. The Morgan fingerprint density at radius 3 is 2.73 bits per heavy atom. The number of hydrogen-bond acceptors (Lipinski definition) is 3. The van der Waals surface area contributed by atoms with Crippen molar-refractivity contribution in [1.29, 1.82) is 0 Å². The van der Waals surface area contributed by atoms with Crippen molar-refractivity contribution in [2.45, 2.75) is 12.5 Å². The molecule has 4 aromatic rings. The minimum absolute atomic E-state index is 0.0485. The first-order valence-corrected chi connectivity index (χ1v) is 10.00. The number of aliphatic hydroxyl groups excluding tert-OH is 1. The number of fused-ring (bicyclic) bond motifs is 4. The summed E-state index contributed by atoms with van der Waals surface area (Å²) in [5, 5.41) is 11.7. The summed E-state index contributed by atoms with van der Waals surface area (Å²) in [5.41, 5.74) is 15.8. The zero-order chi connectivity index (χ0) is 20.7. The molecule has 0 aliphatic heterocycles. The van der Waals surface area contributed by atoms with Gasteiger partial charge in [0.2, 0.25) is 0 Å². The van der Waals surface area contributed by atoms with Crippen LogP contribution in [0.2, 0.25) is 0 Å². The van der Waals surface area contributed by atoms with Crippen molar-refractivity contribution in [3.63, 3.8) is 0 Å². The van der Waals surface area contributed by atoms with E-state index in [1.807, 2.05) is 42.5 Å². The van der Waals surface area contributed by atoms with Crippen molar-refractivity contribution in [3.05, 3.63) is 83.1 Å². The van der Waals surface area contributed by atoms with Gasteiger partial charge in [0.15, 0.2) is 0 Å². The Hall–Kier alpha value is -3.48. The Balaban J connectivity index is 1.56. The predicted octanol–water partition coefficient (Wildman–Crippen LogP) is 4.46. The number of H-pyrrole nitrogens is 1. The van der Waals surface area contributed by atoms with E-state index in [1.165, 1.54) is 0 Å². The normalized spacial score (nSPS) is 14.5. The van der Waals surface area contributed by atoms with Crippen molar-refractivity contribution in [1.82, 2.24) is 15.3 Å². The molecule has 0 fully saturated rings. The summed E-state index contributed by atoms with van der Waals surface area (Å²) in [6.45, 7) is 0.484. The molecular weight excluding hydrogens is 376 g/mol. The summed E-state index contributed by atoms with van der Waals surface area (Å²) in [5.74, 6) is 0.552. The Morgan fingerprint density at radius 1 is 1.07 bits per heavy atom. The molecule has 1 atom stereocenters. The summed E-state index contributed by atoms with van der Waals surface area (Å²) >= 11 is 0. The number of imidazole rings is 1. The molecule has 3 aromatic carbocycles. The van der Waals surface area contributed by atoms with Gasteiger partial charge in [0.05, 0.1) is 11.0 Å². The highest BCUT2D eigenvalue weighted by molar-refractivity contribution is 5.98. The molecule has 1 aromatic heterocycles. The van der Waals surface area contributed by atoms with Gasteiger partial charge in [-0.05, 0) is 35.7 Å². The number of nitrogens with zero attached hydrogens (tertiary/aromatic N) is 1. The van der Waals surface area contributed by atoms with E-state index < -0.39 is 6.04 Å². The van der Waals surface area contributed by atoms with Crippen LogP contribution in [-0.4, -0.2) is 34.1 Å². The van der Waals surface area contributed by atoms with E-state index >= 15 is 0 Å². The lowest BCUT2D eigenvalue weighted by molar-refractivity contribution is 0.0951. The van der Waals surface area contributed by atoms with Crippen LogP contribution >= 0.6 is 0 Å². The number of benzene rings is 3. The second-order valence-corrected chi connectivity index (χ2v) is 7.44. The number of aromatic nitrogens is 2. The molecule has 4 N–H and O–H groups in total. The van der Waals surface area contributed by atoms with E-state index in [2.05, 4.69) is 16.4 Å². The second kappa shape index (κ2) is 7.40. The molecule has 0 bridgehead atoms. The van der Waals surface area contributed by atoms with Crippen molar-refractivity contribution in [3.8, 4) is 22.5 Å². The third-order valence-electron chi connectivity index (χ3n) is 5.57. The number of aromatic amines is 1. The highest BCUT2D eigenvalue weighted by Crippen LogP contribution is 2.48. The van der Waals surface area contributed by atoms with Crippen LogP contribution in [0, 0.1) is 0 Å². The lowest BCUT2D eigenvalue weighted by atomic mass is 9.99. The van der Waals surface area contributed by atoms with E-state index in [0.29, 0.717) is 18.5 Å². The minimum Gasteiger partial charge on any atom is -0.667 e. The summed E-state index contributed by atoms with van der Waals surface area (Å²) in [6, 6.07) is 19.0. The molecule has 1 unspecified atom stereocenters. The van der Waals surface area contributed by atoms with Crippen LogP contribution < -0.4 is 5.32 Å². The highest BCUT2D eigenvalue weighted by Gasteiger charge is 2.25. The Bertz CT molecular complexity index is 1260. The highest BCUT2D eigenvalue weighted by atomic mass is 16.3. The van der Waals surface area contributed by atoms with Gasteiger partial charge in [0.25, 0.3) is 5.91 Å². The number of aliphatic hydroxyl groups is 1. The Kier molecular flexibility index (Phi) is 4.58. The summed E-state index contributed by atoms with van der Waals surface area (Å²) in [6.07, 6.45) is 0.528. The van der Waals surface area contributed by atoms with E-state index in [0.717, 1.165) is 44.7 Å². The van der Waals surface area contributed by atoms with Gasteiger partial charge in [-0.1, -0.05) is 59.6 Å². The van der Waals surface area contributed by atoms with Gasteiger partial charge in [-0.25, -0.2) is 4.98 Å². The zero-order valence-electron chi connectivity index (χ0n) is 16.3. The van der Waals surface area contributed by atoms with Gasteiger partial charge in [0.1, 0.15) is 5.82 Å². The smallest absolute Gasteiger partial charge is 0.251 e. The molecule has 1 aliphatic rings. The number of carbonyl (C=O) groups excluding carboxylic acids is 1. The molecule has 150 valence electrons. The molecule has 1 aliphatic carbocycles. The second-order valence-electron chi connectivity index (χ2n) is 7.44. The van der Waals surface area contributed by atoms with E-state index in [-0.39, 0.29) is 12.5 Å². The van der Waals surface area contributed by atoms with Crippen LogP contribution in [0.5, 0.6) is 0 Å². The molecule has 0 saturated heterocycles. The molecule has 0 spiro atoms. The van der Waals surface area contributed by atoms with Gasteiger partial charge in [-0.2, -0.15) is 0 Å². The van der Waals surface area contributed by atoms with Crippen LogP contribution in [0.25, 0.3) is 39.3 Å². The molecule has 6 heteroatoms. The summed E-state index contributed by atoms with van der Waals surface area (Å²) in [7, 11) is 0. The molecule has 5 rings (SSSR count). The van der Waals surface area contributed by atoms with E-state index in [4.69, 9.17) is 15.8 Å². The standard InChI is InChI=1S/C24H21N4O2/c25-22-16-6-2-1-5-15(16)21-17(22)7-3-8-18(21)23-27-19-10-9-14(13-20(19)28-23)24(30)26-11-4-12-29/h1-3,5-10,13,22,25,29H,4,11-12H2,(H,26,30)(H,27,28)/q-1. The van der Waals surface area contributed by atoms with Crippen LogP contribution in [0.1, 0.15) is 33.9 Å². The monoisotopic (exact) mass is 397 g/mol. The van der Waals surface area contributed by atoms with Crippen LogP contribution in [0.3, 0.4) is 0 Å². The lowest BCUT2D eigenvalue weighted by Gasteiger charge is -2.16. The van der Waals surface area contributed by atoms with Gasteiger partial charge >= 0.3 is 0 Å². The quantitative estimate of drug-likeness (QED) is 0.433. The molecule has 1 heterocycles. The molecule has 0 saturated carbocycles.